The first-order valence-corrected chi connectivity index (χ1v) is 6.19. The topological polar surface area (TPSA) is 38.0 Å². The number of aryl methyl sites for hydroxylation is 1. The number of hydrogen-bond donors (Lipinski definition) is 2. The van der Waals surface area contributed by atoms with Gasteiger partial charge in [-0.15, -0.1) is 0 Å². The van der Waals surface area contributed by atoms with E-state index in [9.17, 15) is 0 Å². The summed E-state index contributed by atoms with van der Waals surface area (Å²) in [5, 5.41) is 3.43. The van der Waals surface area contributed by atoms with Gasteiger partial charge in [-0.1, -0.05) is 26.7 Å². The van der Waals surface area contributed by atoms with Crippen LogP contribution in [-0.4, -0.2) is 6.54 Å². The minimum Gasteiger partial charge on any atom is -0.399 e. The van der Waals surface area contributed by atoms with E-state index in [4.69, 9.17) is 5.73 Å². The standard InChI is InChI=1S/C14H24N2/c1-11(2)6-4-5-9-16-13-7-8-14(15)12(3)10-13/h7-8,10-11,16H,4-6,9,15H2,1-3H3. The van der Waals surface area contributed by atoms with Crippen molar-refractivity contribution >= 4 is 11.4 Å². The number of benzene rings is 1. The summed E-state index contributed by atoms with van der Waals surface area (Å²) in [6.45, 7) is 7.64. The summed E-state index contributed by atoms with van der Waals surface area (Å²) in [5.74, 6) is 0.818. The normalized spacial score (nSPS) is 10.8. The van der Waals surface area contributed by atoms with Crippen LogP contribution in [0.25, 0.3) is 0 Å². The van der Waals surface area contributed by atoms with E-state index in [-0.39, 0.29) is 0 Å². The van der Waals surface area contributed by atoms with Crippen molar-refractivity contribution in [3.8, 4) is 0 Å². The molecule has 1 aromatic rings. The number of hydrogen-bond acceptors (Lipinski definition) is 2. The molecule has 1 aromatic carbocycles. The van der Waals surface area contributed by atoms with E-state index in [1.165, 1.54) is 24.9 Å². The van der Waals surface area contributed by atoms with Gasteiger partial charge in [0.2, 0.25) is 0 Å². The molecule has 0 bridgehead atoms. The lowest BCUT2D eigenvalue weighted by Crippen LogP contribution is -2.02. The van der Waals surface area contributed by atoms with Gasteiger partial charge in [-0.25, -0.2) is 0 Å². The summed E-state index contributed by atoms with van der Waals surface area (Å²) in [6.07, 6.45) is 3.86. The van der Waals surface area contributed by atoms with Gasteiger partial charge >= 0.3 is 0 Å². The quantitative estimate of drug-likeness (QED) is 0.565. The molecule has 2 nitrogen and oxygen atoms in total. The minimum absolute atomic E-state index is 0.818. The molecule has 0 atom stereocenters. The molecule has 0 aliphatic rings. The van der Waals surface area contributed by atoms with Crippen molar-refractivity contribution in [2.75, 3.05) is 17.6 Å². The maximum Gasteiger partial charge on any atom is 0.0345 e. The summed E-state index contributed by atoms with van der Waals surface area (Å²) in [5.41, 5.74) is 8.96. The monoisotopic (exact) mass is 220 g/mol. The Kier molecular flexibility index (Phi) is 5.17. The maximum atomic E-state index is 5.77. The molecule has 16 heavy (non-hydrogen) atoms. The fraction of sp³-hybridized carbons (Fsp3) is 0.571. The molecule has 0 fully saturated rings. The maximum absolute atomic E-state index is 5.77. The lowest BCUT2D eigenvalue weighted by Gasteiger charge is -2.09. The average molecular weight is 220 g/mol. The number of anilines is 2. The summed E-state index contributed by atoms with van der Waals surface area (Å²) in [6, 6.07) is 6.12. The minimum atomic E-state index is 0.818. The summed E-state index contributed by atoms with van der Waals surface area (Å²) in [4.78, 5) is 0. The van der Waals surface area contributed by atoms with Crippen LogP contribution in [0.4, 0.5) is 11.4 Å². The van der Waals surface area contributed by atoms with Gasteiger partial charge in [0.1, 0.15) is 0 Å². The van der Waals surface area contributed by atoms with Crippen molar-refractivity contribution in [1.82, 2.24) is 0 Å². The molecule has 0 unspecified atom stereocenters. The molecule has 0 saturated heterocycles. The van der Waals surface area contributed by atoms with Gasteiger partial charge in [0.15, 0.2) is 0 Å². The van der Waals surface area contributed by atoms with E-state index in [0.29, 0.717) is 0 Å². The number of nitrogens with two attached hydrogens (primary N) is 1. The number of nitrogen functional groups attached to an aromatic ring is 1. The zero-order valence-corrected chi connectivity index (χ0v) is 10.7. The zero-order chi connectivity index (χ0) is 12.0. The van der Waals surface area contributed by atoms with Crippen LogP contribution in [0.3, 0.4) is 0 Å². The molecule has 0 aromatic heterocycles. The lowest BCUT2D eigenvalue weighted by atomic mass is 10.1. The van der Waals surface area contributed by atoms with Gasteiger partial charge in [-0.05, 0) is 43.0 Å². The average Bonchev–Trinajstić information content (AvgIpc) is 2.22. The van der Waals surface area contributed by atoms with E-state index >= 15 is 0 Å². The first-order chi connectivity index (χ1) is 7.59. The highest BCUT2D eigenvalue weighted by Crippen LogP contribution is 2.16. The van der Waals surface area contributed by atoms with Crippen LogP contribution in [0, 0.1) is 12.8 Å². The van der Waals surface area contributed by atoms with E-state index in [0.717, 1.165) is 23.7 Å². The molecule has 0 spiro atoms. The Labute approximate surface area is 99.2 Å². The Morgan fingerprint density at radius 3 is 2.62 bits per heavy atom. The Hall–Kier alpha value is -1.18. The highest BCUT2D eigenvalue weighted by molar-refractivity contribution is 5.56. The molecular weight excluding hydrogens is 196 g/mol. The number of nitrogens with one attached hydrogen (secondary N) is 1. The molecule has 1 rings (SSSR count). The van der Waals surface area contributed by atoms with Crippen LogP contribution in [-0.2, 0) is 0 Å². The third-order valence-electron chi connectivity index (χ3n) is 2.81. The van der Waals surface area contributed by atoms with Crippen molar-refractivity contribution in [3.05, 3.63) is 23.8 Å². The molecule has 0 radical (unpaired) electrons. The van der Waals surface area contributed by atoms with Crippen LogP contribution in [0.5, 0.6) is 0 Å². The van der Waals surface area contributed by atoms with Crippen LogP contribution in [0.15, 0.2) is 18.2 Å². The van der Waals surface area contributed by atoms with Crippen molar-refractivity contribution in [3.63, 3.8) is 0 Å². The largest absolute Gasteiger partial charge is 0.399 e. The van der Waals surface area contributed by atoms with E-state index in [2.05, 4.69) is 25.2 Å². The van der Waals surface area contributed by atoms with Crippen LogP contribution < -0.4 is 11.1 Å². The van der Waals surface area contributed by atoms with Gasteiger partial charge in [-0.2, -0.15) is 0 Å². The van der Waals surface area contributed by atoms with Crippen LogP contribution in [0.2, 0.25) is 0 Å². The lowest BCUT2D eigenvalue weighted by molar-refractivity contribution is 0.545. The first-order valence-electron chi connectivity index (χ1n) is 6.19. The summed E-state index contributed by atoms with van der Waals surface area (Å²) < 4.78 is 0. The van der Waals surface area contributed by atoms with Gasteiger partial charge < -0.3 is 11.1 Å². The zero-order valence-electron chi connectivity index (χ0n) is 10.7. The highest BCUT2D eigenvalue weighted by atomic mass is 14.9. The Morgan fingerprint density at radius 2 is 2.00 bits per heavy atom. The Bertz CT molecular complexity index is 319. The molecular formula is C14H24N2. The SMILES string of the molecule is Cc1cc(NCCCCC(C)C)ccc1N. The van der Waals surface area contributed by atoms with Crippen molar-refractivity contribution in [2.24, 2.45) is 5.92 Å². The molecule has 0 amide bonds. The molecule has 3 N–H and O–H groups in total. The second-order valence-corrected chi connectivity index (χ2v) is 4.89. The summed E-state index contributed by atoms with van der Waals surface area (Å²) in [7, 11) is 0. The fourth-order valence-electron chi connectivity index (χ4n) is 1.70. The third-order valence-corrected chi connectivity index (χ3v) is 2.81. The van der Waals surface area contributed by atoms with Crippen molar-refractivity contribution < 1.29 is 0 Å². The van der Waals surface area contributed by atoms with Gasteiger partial charge in [0.05, 0.1) is 0 Å². The highest BCUT2D eigenvalue weighted by Gasteiger charge is 1.97. The summed E-state index contributed by atoms with van der Waals surface area (Å²) >= 11 is 0. The van der Waals surface area contributed by atoms with E-state index < -0.39 is 0 Å². The van der Waals surface area contributed by atoms with Crippen LogP contribution in [0.1, 0.15) is 38.7 Å². The molecule has 0 saturated carbocycles. The molecule has 2 heteroatoms. The second-order valence-electron chi connectivity index (χ2n) is 4.89. The van der Waals surface area contributed by atoms with Crippen molar-refractivity contribution in [1.29, 1.82) is 0 Å². The third kappa shape index (κ3) is 4.56. The predicted octanol–water partition coefficient (Wildman–Crippen LogP) is 3.82. The Morgan fingerprint density at radius 1 is 1.25 bits per heavy atom. The fourth-order valence-corrected chi connectivity index (χ4v) is 1.70. The van der Waals surface area contributed by atoms with Crippen LogP contribution >= 0.6 is 0 Å². The Balaban J connectivity index is 2.24. The molecule has 0 aliphatic heterocycles. The smallest absolute Gasteiger partial charge is 0.0345 e. The predicted molar refractivity (Wildman–Crippen MR) is 72.8 cm³/mol. The van der Waals surface area contributed by atoms with Gasteiger partial charge in [0, 0.05) is 17.9 Å². The first kappa shape index (κ1) is 12.9. The molecule has 90 valence electrons. The number of unbranched alkanes of at least 4 members (excludes halogenated alkanes) is 1. The van der Waals surface area contributed by atoms with Crippen molar-refractivity contribution in [2.45, 2.75) is 40.0 Å². The van der Waals surface area contributed by atoms with E-state index in [1.54, 1.807) is 0 Å². The second kappa shape index (κ2) is 6.41. The van der Waals surface area contributed by atoms with Gasteiger partial charge in [0.25, 0.3) is 0 Å². The molecule has 0 aliphatic carbocycles. The van der Waals surface area contributed by atoms with Gasteiger partial charge in [-0.3, -0.25) is 0 Å². The van der Waals surface area contributed by atoms with E-state index in [1.807, 2.05) is 19.1 Å². The number of rotatable bonds is 6. The molecule has 0 heterocycles.